The van der Waals surface area contributed by atoms with Crippen LogP contribution in [0.5, 0.6) is 0 Å². The third-order valence-corrected chi connectivity index (χ3v) is 4.34. The molecule has 0 amide bonds. The summed E-state index contributed by atoms with van der Waals surface area (Å²) in [7, 11) is 0. The standard InChI is InChI=1S/C15H25N3O2/c1-4-11-12(16)17-14(18-13(11)19)15(20-5-2)8-6-10(3)7-9-15/h10H,4-9H2,1-3H3,(H3,16,17,18,19). The first-order valence-electron chi connectivity index (χ1n) is 7.55. The molecule has 1 saturated carbocycles. The molecule has 112 valence electrons. The molecule has 1 fully saturated rings. The highest BCUT2D eigenvalue weighted by Crippen LogP contribution is 2.41. The van der Waals surface area contributed by atoms with Crippen LogP contribution in [0, 0.1) is 5.92 Å². The van der Waals surface area contributed by atoms with Crippen molar-refractivity contribution < 1.29 is 4.74 Å². The fraction of sp³-hybridized carbons (Fsp3) is 0.733. The van der Waals surface area contributed by atoms with Crippen molar-refractivity contribution in [3.8, 4) is 0 Å². The van der Waals surface area contributed by atoms with Crippen LogP contribution in [-0.2, 0) is 16.8 Å². The largest absolute Gasteiger partial charge is 0.383 e. The Labute approximate surface area is 119 Å². The average Bonchev–Trinajstić information content (AvgIpc) is 2.41. The number of nitrogen functional groups attached to an aromatic ring is 1. The van der Waals surface area contributed by atoms with Gasteiger partial charge in [-0.05, 0) is 44.9 Å². The maximum absolute atomic E-state index is 12.1. The molecular formula is C15H25N3O2. The Morgan fingerprint density at radius 2 is 2.05 bits per heavy atom. The van der Waals surface area contributed by atoms with Crippen LogP contribution in [0.25, 0.3) is 0 Å². The first-order chi connectivity index (χ1) is 9.52. The minimum Gasteiger partial charge on any atom is -0.383 e. The molecule has 1 aromatic heterocycles. The Balaban J connectivity index is 2.42. The van der Waals surface area contributed by atoms with Crippen LogP contribution >= 0.6 is 0 Å². The fourth-order valence-corrected chi connectivity index (χ4v) is 3.03. The van der Waals surface area contributed by atoms with Crippen molar-refractivity contribution in [3.63, 3.8) is 0 Å². The second kappa shape index (κ2) is 5.95. The number of anilines is 1. The number of hydrogen-bond acceptors (Lipinski definition) is 4. The highest BCUT2D eigenvalue weighted by Gasteiger charge is 2.39. The predicted octanol–water partition coefficient (Wildman–Crippen LogP) is 2.36. The number of ether oxygens (including phenoxy) is 1. The maximum atomic E-state index is 12.1. The molecule has 0 bridgehead atoms. The minimum atomic E-state index is -0.471. The molecule has 5 nitrogen and oxygen atoms in total. The number of aromatic nitrogens is 2. The molecule has 2 rings (SSSR count). The Hall–Kier alpha value is -1.36. The SMILES string of the molecule is CCOC1(c2nc(N)c(CC)c(=O)[nH]2)CCC(C)CC1. The van der Waals surface area contributed by atoms with Crippen LogP contribution in [-0.4, -0.2) is 16.6 Å². The Morgan fingerprint density at radius 1 is 1.40 bits per heavy atom. The summed E-state index contributed by atoms with van der Waals surface area (Å²) in [5, 5.41) is 0. The molecule has 0 saturated heterocycles. The lowest BCUT2D eigenvalue weighted by Crippen LogP contribution is -2.38. The maximum Gasteiger partial charge on any atom is 0.256 e. The van der Waals surface area contributed by atoms with Gasteiger partial charge in [0.15, 0.2) is 0 Å². The first kappa shape index (κ1) is 15.0. The van der Waals surface area contributed by atoms with Crippen LogP contribution in [0.4, 0.5) is 5.82 Å². The molecule has 20 heavy (non-hydrogen) atoms. The summed E-state index contributed by atoms with van der Waals surface area (Å²) in [5.74, 6) is 1.64. The van der Waals surface area contributed by atoms with E-state index in [1.165, 1.54) is 0 Å². The molecule has 0 aliphatic heterocycles. The molecule has 1 aliphatic rings. The van der Waals surface area contributed by atoms with Gasteiger partial charge in [0.25, 0.3) is 5.56 Å². The van der Waals surface area contributed by atoms with E-state index in [1.807, 2.05) is 13.8 Å². The van der Waals surface area contributed by atoms with Gasteiger partial charge in [0.05, 0.1) is 5.56 Å². The number of H-pyrrole nitrogens is 1. The first-order valence-corrected chi connectivity index (χ1v) is 7.55. The molecule has 0 radical (unpaired) electrons. The quantitative estimate of drug-likeness (QED) is 0.886. The van der Waals surface area contributed by atoms with E-state index in [-0.39, 0.29) is 5.56 Å². The highest BCUT2D eigenvalue weighted by atomic mass is 16.5. The third kappa shape index (κ3) is 2.73. The smallest absolute Gasteiger partial charge is 0.256 e. The lowest BCUT2D eigenvalue weighted by molar-refractivity contribution is -0.0837. The van der Waals surface area contributed by atoms with Gasteiger partial charge in [-0.15, -0.1) is 0 Å². The van der Waals surface area contributed by atoms with E-state index < -0.39 is 5.60 Å². The van der Waals surface area contributed by atoms with Gasteiger partial charge in [0, 0.05) is 6.61 Å². The summed E-state index contributed by atoms with van der Waals surface area (Å²) >= 11 is 0. The van der Waals surface area contributed by atoms with E-state index >= 15 is 0 Å². The van der Waals surface area contributed by atoms with Crippen LogP contribution < -0.4 is 11.3 Å². The summed E-state index contributed by atoms with van der Waals surface area (Å²) in [6.45, 7) is 6.73. The summed E-state index contributed by atoms with van der Waals surface area (Å²) in [4.78, 5) is 19.5. The van der Waals surface area contributed by atoms with Gasteiger partial charge in [0.1, 0.15) is 17.2 Å². The van der Waals surface area contributed by atoms with E-state index in [4.69, 9.17) is 10.5 Å². The molecule has 5 heteroatoms. The fourth-order valence-electron chi connectivity index (χ4n) is 3.03. The summed E-state index contributed by atoms with van der Waals surface area (Å²) in [5.41, 5.74) is 5.89. The van der Waals surface area contributed by atoms with E-state index in [2.05, 4.69) is 16.9 Å². The van der Waals surface area contributed by atoms with Gasteiger partial charge in [-0.25, -0.2) is 4.98 Å². The van der Waals surface area contributed by atoms with Gasteiger partial charge in [0.2, 0.25) is 0 Å². The number of nitrogens with two attached hydrogens (primary N) is 1. The van der Waals surface area contributed by atoms with Crippen molar-refractivity contribution in [3.05, 3.63) is 21.7 Å². The molecule has 0 unspecified atom stereocenters. The van der Waals surface area contributed by atoms with Crippen LogP contribution in [0.3, 0.4) is 0 Å². The lowest BCUT2D eigenvalue weighted by atomic mass is 9.78. The minimum absolute atomic E-state index is 0.132. The van der Waals surface area contributed by atoms with E-state index in [0.29, 0.717) is 36.2 Å². The van der Waals surface area contributed by atoms with Gasteiger partial charge in [-0.2, -0.15) is 0 Å². The van der Waals surface area contributed by atoms with E-state index in [9.17, 15) is 4.79 Å². The van der Waals surface area contributed by atoms with Crippen molar-refractivity contribution in [2.75, 3.05) is 12.3 Å². The number of nitrogens with one attached hydrogen (secondary N) is 1. The van der Waals surface area contributed by atoms with Gasteiger partial charge < -0.3 is 15.5 Å². The number of nitrogens with zero attached hydrogens (tertiary/aromatic N) is 1. The normalized spacial score (nSPS) is 26.6. The summed E-state index contributed by atoms with van der Waals surface area (Å²) in [6, 6.07) is 0. The van der Waals surface area contributed by atoms with Gasteiger partial charge >= 0.3 is 0 Å². The molecule has 0 spiro atoms. The second-order valence-corrected chi connectivity index (χ2v) is 5.74. The van der Waals surface area contributed by atoms with Crippen LogP contribution in [0.15, 0.2) is 4.79 Å². The molecule has 3 N–H and O–H groups in total. The Morgan fingerprint density at radius 3 is 2.55 bits per heavy atom. The number of aromatic amines is 1. The van der Waals surface area contributed by atoms with Crippen LogP contribution in [0.1, 0.15) is 57.8 Å². The zero-order valence-corrected chi connectivity index (χ0v) is 12.7. The van der Waals surface area contributed by atoms with Crippen molar-refractivity contribution >= 4 is 5.82 Å². The van der Waals surface area contributed by atoms with E-state index in [1.54, 1.807) is 0 Å². The molecule has 0 aromatic carbocycles. The van der Waals surface area contributed by atoms with Crippen molar-refractivity contribution in [1.82, 2.24) is 9.97 Å². The van der Waals surface area contributed by atoms with Crippen molar-refractivity contribution in [2.24, 2.45) is 5.92 Å². The third-order valence-electron chi connectivity index (χ3n) is 4.34. The molecular weight excluding hydrogens is 254 g/mol. The van der Waals surface area contributed by atoms with Crippen molar-refractivity contribution in [1.29, 1.82) is 0 Å². The Kier molecular flexibility index (Phi) is 4.48. The van der Waals surface area contributed by atoms with E-state index in [0.717, 1.165) is 25.7 Å². The topological polar surface area (TPSA) is 81.0 Å². The molecule has 1 aliphatic carbocycles. The predicted molar refractivity (Wildman–Crippen MR) is 79.6 cm³/mol. The van der Waals surface area contributed by atoms with Crippen molar-refractivity contribution in [2.45, 2.75) is 58.5 Å². The van der Waals surface area contributed by atoms with Gasteiger partial charge in [-0.3, -0.25) is 4.79 Å². The second-order valence-electron chi connectivity index (χ2n) is 5.74. The number of hydrogen-bond donors (Lipinski definition) is 2. The molecule has 1 aromatic rings. The summed E-state index contributed by atoms with van der Waals surface area (Å²) < 4.78 is 6.00. The monoisotopic (exact) mass is 279 g/mol. The zero-order valence-electron chi connectivity index (χ0n) is 12.7. The summed E-state index contributed by atoms with van der Waals surface area (Å²) in [6.07, 6.45) is 4.52. The lowest BCUT2D eigenvalue weighted by Gasteiger charge is -2.38. The molecule has 1 heterocycles. The Bertz CT molecular complexity index is 516. The molecule has 0 atom stereocenters. The number of rotatable bonds is 4. The van der Waals surface area contributed by atoms with Gasteiger partial charge in [-0.1, -0.05) is 13.8 Å². The zero-order chi connectivity index (χ0) is 14.8. The average molecular weight is 279 g/mol. The van der Waals surface area contributed by atoms with Crippen LogP contribution in [0.2, 0.25) is 0 Å². The highest BCUT2D eigenvalue weighted by molar-refractivity contribution is 5.38.